The Labute approximate surface area is 85.5 Å². The van der Waals surface area contributed by atoms with E-state index in [0.717, 1.165) is 12.1 Å². The van der Waals surface area contributed by atoms with Crippen LogP contribution in [0.4, 0.5) is 5.69 Å². The molecule has 2 nitrogen and oxygen atoms in total. The number of aryl methyl sites for hydroxylation is 1. The molecule has 0 fully saturated rings. The second kappa shape index (κ2) is 4.80. The lowest BCUT2D eigenvalue weighted by Gasteiger charge is -2.16. The molecule has 1 rings (SSSR count). The number of hydrogen-bond donors (Lipinski definition) is 0. The highest BCUT2D eigenvalue weighted by Crippen LogP contribution is 2.14. The molecule has 0 atom stereocenters. The van der Waals surface area contributed by atoms with Gasteiger partial charge in [0.2, 0.25) is 5.91 Å². The highest BCUT2D eigenvalue weighted by Gasteiger charge is 2.07. The van der Waals surface area contributed by atoms with Crippen molar-refractivity contribution in [3.8, 4) is 0 Å². The SMILES string of the molecule is CCC(=O)N(C)c1ccc(CC)cc1. The number of hydrogen-bond acceptors (Lipinski definition) is 1. The molecule has 0 aliphatic heterocycles. The lowest BCUT2D eigenvalue weighted by molar-refractivity contribution is -0.118. The van der Waals surface area contributed by atoms with Gasteiger partial charge in [0.05, 0.1) is 0 Å². The summed E-state index contributed by atoms with van der Waals surface area (Å²) in [5.74, 6) is 0.147. The van der Waals surface area contributed by atoms with Crippen LogP contribution in [0.1, 0.15) is 25.8 Å². The number of carbonyl (C=O) groups is 1. The third-order valence-corrected chi connectivity index (χ3v) is 2.41. The van der Waals surface area contributed by atoms with E-state index in [1.807, 2.05) is 26.1 Å². The fourth-order valence-corrected chi connectivity index (χ4v) is 1.34. The minimum Gasteiger partial charge on any atom is -0.316 e. The van der Waals surface area contributed by atoms with Gasteiger partial charge in [-0.1, -0.05) is 26.0 Å². The maximum Gasteiger partial charge on any atom is 0.226 e. The van der Waals surface area contributed by atoms with Crippen LogP contribution in [0.25, 0.3) is 0 Å². The number of carbonyl (C=O) groups excluding carboxylic acids is 1. The van der Waals surface area contributed by atoms with Crippen molar-refractivity contribution in [2.24, 2.45) is 0 Å². The van der Waals surface area contributed by atoms with Crippen LogP contribution in [0.5, 0.6) is 0 Å². The predicted molar refractivity (Wildman–Crippen MR) is 59.5 cm³/mol. The van der Waals surface area contributed by atoms with Gasteiger partial charge in [-0.25, -0.2) is 0 Å². The monoisotopic (exact) mass is 191 g/mol. The van der Waals surface area contributed by atoms with Crippen LogP contribution < -0.4 is 4.90 Å². The fourth-order valence-electron chi connectivity index (χ4n) is 1.34. The van der Waals surface area contributed by atoms with Gasteiger partial charge in [0, 0.05) is 19.2 Å². The molecule has 14 heavy (non-hydrogen) atoms. The molecule has 1 amide bonds. The summed E-state index contributed by atoms with van der Waals surface area (Å²) in [6, 6.07) is 8.11. The average molecular weight is 191 g/mol. The quantitative estimate of drug-likeness (QED) is 0.719. The first kappa shape index (κ1) is 10.8. The normalized spacial score (nSPS) is 9.93. The molecule has 1 aromatic carbocycles. The van der Waals surface area contributed by atoms with Crippen LogP contribution in [0.2, 0.25) is 0 Å². The van der Waals surface area contributed by atoms with Gasteiger partial charge in [0.25, 0.3) is 0 Å². The van der Waals surface area contributed by atoms with Crippen LogP contribution in [0, 0.1) is 0 Å². The Hall–Kier alpha value is -1.31. The van der Waals surface area contributed by atoms with Crippen LogP contribution in [-0.2, 0) is 11.2 Å². The Balaban J connectivity index is 2.81. The van der Waals surface area contributed by atoms with Gasteiger partial charge in [0.15, 0.2) is 0 Å². The van der Waals surface area contributed by atoms with Gasteiger partial charge in [-0.3, -0.25) is 4.79 Å². The van der Waals surface area contributed by atoms with Gasteiger partial charge < -0.3 is 4.90 Å². The van der Waals surface area contributed by atoms with E-state index in [-0.39, 0.29) is 5.91 Å². The molecule has 0 radical (unpaired) electrons. The van der Waals surface area contributed by atoms with E-state index in [4.69, 9.17) is 0 Å². The van der Waals surface area contributed by atoms with E-state index in [9.17, 15) is 4.79 Å². The lowest BCUT2D eigenvalue weighted by atomic mass is 10.1. The first-order valence-electron chi connectivity index (χ1n) is 5.04. The van der Waals surface area contributed by atoms with E-state index in [1.165, 1.54) is 5.56 Å². The minimum atomic E-state index is 0.147. The zero-order valence-electron chi connectivity index (χ0n) is 9.08. The summed E-state index contributed by atoms with van der Waals surface area (Å²) >= 11 is 0. The van der Waals surface area contributed by atoms with Crippen LogP contribution >= 0.6 is 0 Å². The van der Waals surface area contributed by atoms with Crippen molar-refractivity contribution in [2.45, 2.75) is 26.7 Å². The molecule has 0 heterocycles. The summed E-state index contributed by atoms with van der Waals surface area (Å²) < 4.78 is 0. The van der Waals surface area contributed by atoms with Crippen molar-refractivity contribution in [3.05, 3.63) is 29.8 Å². The average Bonchev–Trinajstić information content (AvgIpc) is 2.27. The Morgan fingerprint density at radius 1 is 1.21 bits per heavy atom. The van der Waals surface area contributed by atoms with Crippen molar-refractivity contribution in [1.82, 2.24) is 0 Å². The molecular weight excluding hydrogens is 174 g/mol. The highest BCUT2D eigenvalue weighted by atomic mass is 16.2. The third-order valence-electron chi connectivity index (χ3n) is 2.41. The summed E-state index contributed by atoms with van der Waals surface area (Å²) in [6.45, 7) is 4.00. The Morgan fingerprint density at radius 2 is 1.79 bits per heavy atom. The molecule has 1 aromatic rings. The van der Waals surface area contributed by atoms with Crippen LogP contribution in [-0.4, -0.2) is 13.0 Å². The fraction of sp³-hybridized carbons (Fsp3) is 0.417. The number of amides is 1. The van der Waals surface area contributed by atoms with E-state index in [1.54, 1.807) is 4.90 Å². The highest BCUT2D eigenvalue weighted by molar-refractivity contribution is 5.92. The molecule has 2 heteroatoms. The minimum absolute atomic E-state index is 0.147. The standard InChI is InChI=1S/C12H17NO/c1-4-10-6-8-11(9-7-10)13(3)12(14)5-2/h6-9H,4-5H2,1-3H3. The second-order valence-corrected chi connectivity index (χ2v) is 3.33. The van der Waals surface area contributed by atoms with Gasteiger partial charge in [-0.15, -0.1) is 0 Å². The summed E-state index contributed by atoms with van der Waals surface area (Å²) in [4.78, 5) is 13.1. The first-order chi connectivity index (χ1) is 6.69. The summed E-state index contributed by atoms with van der Waals surface area (Å²) in [5.41, 5.74) is 2.26. The summed E-state index contributed by atoms with van der Waals surface area (Å²) in [7, 11) is 1.81. The summed E-state index contributed by atoms with van der Waals surface area (Å²) in [6.07, 6.45) is 1.58. The smallest absolute Gasteiger partial charge is 0.226 e. The maximum absolute atomic E-state index is 11.4. The topological polar surface area (TPSA) is 20.3 Å². The van der Waals surface area contributed by atoms with Gasteiger partial charge >= 0.3 is 0 Å². The van der Waals surface area contributed by atoms with E-state index < -0.39 is 0 Å². The molecule has 0 spiro atoms. The van der Waals surface area contributed by atoms with Crippen LogP contribution in [0.3, 0.4) is 0 Å². The maximum atomic E-state index is 11.4. The molecular formula is C12H17NO. The number of nitrogens with zero attached hydrogens (tertiary/aromatic N) is 1. The first-order valence-corrected chi connectivity index (χ1v) is 5.04. The Bertz CT molecular complexity index is 303. The van der Waals surface area contributed by atoms with Crippen molar-refractivity contribution < 1.29 is 4.79 Å². The zero-order chi connectivity index (χ0) is 10.6. The Kier molecular flexibility index (Phi) is 3.69. The molecule has 0 saturated heterocycles. The number of rotatable bonds is 3. The lowest BCUT2D eigenvalue weighted by Crippen LogP contribution is -2.24. The molecule has 0 aliphatic rings. The van der Waals surface area contributed by atoms with Crippen molar-refractivity contribution in [2.75, 3.05) is 11.9 Å². The molecule has 0 unspecified atom stereocenters. The molecule has 0 N–H and O–H groups in total. The van der Waals surface area contributed by atoms with E-state index in [0.29, 0.717) is 6.42 Å². The molecule has 76 valence electrons. The van der Waals surface area contributed by atoms with E-state index in [2.05, 4.69) is 19.1 Å². The summed E-state index contributed by atoms with van der Waals surface area (Å²) in [5, 5.41) is 0. The Morgan fingerprint density at radius 3 is 2.21 bits per heavy atom. The van der Waals surface area contributed by atoms with Crippen molar-refractivity contribution >= 4 is 11.6 Å². The predicted octanol–water partition coefficient (Wildman–Crippen LogP) is 2.62. The number of anilines is 1. The molecule has 0 saturated carbocycles. The molecule has 0 bridgehead atoms. The third kappa shape index (κ3) is 2.34. The molecule has 0 aromatic heterocycles. The largest absolute Gasteiger partial charge is 0.316 e. The van der Waals surface area contributed by atoms with Gasteiger partial charge in [-0.2, -0.15) is 0 Å². The molecule has 0 aliphatic carbocycles. The van der Waals surface area contributed by atoms with E-state index >= 15 is 0 Å². The van der Waals surface area contributed by atoms with Gasteiger partial charge in [0.1, 0.15) is 0 Å². The van der Waals surface area contributed by atoms with Crippen molar-refractivity contribution in [1.29, 1.82) is 0 Å². The van der Waals surface area contributed by atoms with Crippen LogP contribution in [0.15, 0.2) is 24.3 Å². The number of benzene rings is 1. The zero-order valence-corrected chi connectivity index (χ0v) is 9.08. The van der Waals surface area contributed by atoms with Crippen molar-refractivity contribution in [3.63, 3.8) is 0 Å². The second-order valence-electron chi connectivity index (χ2n) is 3.33. The van der Waals surface area contributed by atoms with Gasteiger partial charge in [-0.05, 0) is 24.1 Å².